The topological polar surface area (TPSA) is 58.6 Å². The number of rotatable bonds is 8. The number of hydrogen-bond donors (Lipinski definition) is 1. The summed E-state index contributed by atoms with van der Waals surface area (Å²) in [4.78, 5) is 26.5. The summed E-state index contributed by atoms with van der Waals surface area (Å²) in [6, 6.07) is 9.38. The fourth-order valence-electron chi connectivity index (χ4n) is 4.37. The molecular weight excluding hydrogens is 352 g/mol. The van der Waals surface area contributed by atoms with Gasteiger partial charge in [0.2, 0.25) is 5.91 Å². The fraction of sp³-hybridized carbons (Fsp3) is 0.652. The number of benzene rings is 1. The van der Waals surface area contributed by atoms with Crippen LogP contribution in [0.4, 0.5) is 0 Å². The van der Waals surface area contributed by atoms with Gasteiger partial charge < -0.3 is 15.0 Å². The van der Waals surface area contributed by atoms with Crippen LogP contribution in [-0.2, 0) is 9.59 Å². The maximum absolute atomic E-state index is 12.4. The summed E-state index contributed by atoms with van der Waals surface area (Å²) in [5.41, 5.74) is 0. The molecule has 3 rings (SSSR count). The Labute approximate surface area is 168 Å². The van der Waals surface area contributed by atoms with Gasteiger partial charge >= 0.3 is 0 Å². The van der Waals surface area contributed by atoms with Gasteiger partial charge in [-0.1, -0.05) is 50.3 Å². The van der Waals surface area contributed by atoms with Gasteiger partial charge in [0.15, 0.2) is 6.61 Å². The normalized spacial score (nSPS) is 18.6. The van der Waals surface area contributed by atoms with Gasteiger partial charge in [-0.2, -0.15) is 0 Å². The van der Waals surface area contributed by atoms with Crippen molar-refractivity contribution in [1.82, 2.24) is 10.2 Å². The quantitative estimate of drug-likeness (QED) is 0.692. The van der Waals surface area contributed by atoms with E-state index in [9.17, 15) is 9.59 Å². The van der Waals surface area contributed by atoms with Gasteiger partial charge in [0.05, 0.1) is 0 Å². The second-order valence-electron chi connectivity index (χ2n) is 8.19. The third-order valence-electron chi connectivity index (χ3n) is 6.14. The van der Waals surface area contributed by atoms with Crippen LogP contribution in [0, 0.1) is 11.8 Å². The Bertz CT molecular complexity index is 606. The minimum atomic E-state index is -0.00445. The van der Waals surface area contributed by atoms with Crippen molar-refractivity contribution in [3.63, 3.8) is 0 Å². The molecule has 1 aliphatic carbocycles. The van der Waals surface area contributed by atoms with Gasteiger partial charge in [0.25, 0.3) is 5.91 Å². The van der Waals surface area contributed by atoms with Crippen LogP contribution in [0.1, 0.15) is 57.8 Å². The molecule has 2 fully saturated rings. The third kappa shape index (κ3) is 6.54. The van der Waals surface area contributed by atoms with E-state index >= 15 is 0 Å². The molecule has 0 unspecified atom stereocenters. The molecule has 0 spiro atoms. The van der Waals surface area contributed by atoms with Crippen LogP contribution in [0.3, 0.4) is 0 Å². The van der Waals surface area contributed by atoms with E-state index in [4.69, 9.17) is 4.74 Å². The minimum absolute atomic E-state index is 0.00445. The third-order valence-corrected chi connectivity index (χ3v) is 6.14. The maximum Gasteiger partial charge on any atom is 0.260 e. The van der Waals surface area contributed by atoms with Gasteiger partial charge in [0.1, 0.15) is 5.75 Å². The lowest BCUT2D eigenvalue weighted by atomic mass is 9.86. The SMILES string of the molecule is O=C(NCCCC1CCCCC1)C1CCN(C(=O)COc2ccccc2)CC1. The van der Waals surface area contributed by atoms with Crippen LogP contribution in [-0.4, -0.2) is 43.0 Å². The molecule has 1 aromatic carbocycles. The average molecular weight is 387 g/mol. The van der Waals surface area contributed by atoms with Gasteiger partial charge in [0, 0.05) is 25.6 Å². The van der Waals surface area contributed by atoms with Crippen molar-refractivity contribution >= 4 is 11.8 Å². The van der Waals surface area contributed by atoms with Crippen LogP contribution in [0.15, 0.2) is 30.3 Å². The van der Waals surface area contributed by atoms with Crippen molar-refractivity contribution in [2.75, 3.05) is 26.2 Å². The number of likely N-dealkylation sites (tertiary alicyclic amines) is 1. The molecule has 0 radical (unpaired) electrons. The molecule has 28 heavy (non-hydrogen) atoms. The number of hydrogen-bond acceptors (Lipinski definition) is 3. The summed E-state index contributed by atoms with van der Waals surface area (Å²) in [6.07, 6.45) is 10.7. The lowest BCUT2D eigenvalue weighted by Gasteiger charge is -2.31. The van der Waals surface area contributed by atoms with Crippen molar-refractivity contribution in [3.8, 4) is 5.75 Å². The van der Waals surface area contributed by atoms with E-state index in [1.165, 1.54) is 38.5 Å². The monoisotopic (exact) mass is 386 g/mol. The number of amides is 2. The van der Waals surface area contributed by atoms with Gasteiger partial charge in [-0.15, -0.1) is 0 Å². The number of piperidine rings is 1. The number of nitrogens with zero attached hydrogens (tertiary/aromatic N) is 1. The largest absolute Gasteiger partial charge is 0.484 e. The maximum atomic E-state index is 12.4. The molecule has 1 heterocycles. The molecule has 1 aromatic rings. The van der Waals surface area contributed by atoms with E-state index in [0.29, 0.717) is 18.8 Å². The number of carbonyl (C=O) groups excluding carboxylic acids is 2. The lowest BCUT2D eigenvalue weighted by molar-refractivity contribution is -0.137. The smallest absolute Gasteiger partial charge is 0.260 e. The van der Waals surface area contributed by atoms with Crippen molar-refractivity contribution in [3.05, 3.63) is 30.3 Å². The second-order valence-corrected chi connectivity index (χ2v) is 8.19. The number of carbonyl (C=O) groups is 2. The molecule has 1 saturated heterocycles. The van der Waals surface area contributed by atoms with Crippen molar-refractivity contribution in [1.29, 1.82) is 0 Å². The summed E-state index contributed by atoms with van der Waals surface area (Å²) in [6.45, 7) is 2.12. The number of nitrogens with one attached hydrogen (secondary N) is 1. The number of ether oxygens (including phenoxy) is 1. The van der Waals surface area contributed by atoms with Crippen LogP contribution in [0.5, 0.6) is 5.75 Å². The standard InChI is InChI=1S/C23H34N2O3/c26-22(18-28-21-11-5-2-6-12-21)25-16-13-20(14-17-25)23(27)24-15-7-10-19-8-3-1-4-9-19/h2,5-6,11-12,19-20H,1,3-4,7-10,13-18H2,(H,24,27). The van der Waals surface area contributed by atoms with Crippen molar-refractivity contribution < 1.29 is 14.3 Å². The zero-order chi connectivity index (χ0) is 19.6. The lowest BCUT2D eigenvalue weighted by Crippen LogP contribution is -2.44. The highest BCUT2D eigenvalue weighted by Gasteiger charge is 2.27. The number of para-hydroxylation sites is 1. The zero-order valence-electron chi connectivity index (χ0n) is 16.9. The highest BCUT2D eigenvalue weighted by Crippen LogP contribution is 2.27. The van der Waals surface area contributed by atoms with Gasteiger partial charge in [-0.3, -0.25) is 9.59 Å². The van der Waals surface area contributed by atoms with Crippen molar-refractivity contribution in [2.45, 2.75) is 57.8 Å². The molecule has 1 saturated carbocycles. The van der Waals surface area contributed by atoms with Crippen LogP contribution >= 0.6 is 0 Å². The molecule has 1 N–H and O–H groups in total. The predicted octanol–water partition coefficient (Wildman–Crippen LogP) is 3.78. The Balaban J connectivity index is 1.28. The first-order valence-corrected chi connectivity index (χ1v) is 11.0. The molecule has 5 heteroatoms. The first kappa shape index (κ1) is 20.7. The first-order valence-electron chi connectivity index (χ1n) is 11.0. The minimum Gasteiger partial charge on any atom is -0.484 e. The van der Waals surface area contributed by atoms with E-state index in [1.54, 1.807) is 0 Å². The van der Waals surface area contributed by atoms with Crippen LogP contribution in [0.25, 0.3) is 0 Å². The highest BCUT2D eigenvalue weighted by molar-refractivity contribution is 5.80. The molecule has 2 aliphatic rings. The Kier molecular flexibility index (Phi) is 8.19. The molecule has 0 bridgehead atoms. The highest BCUT2D eigenvalue weighted by atomic mass is 16.5. The molecule has 154 valence electrons. The van der Waals surface area contributed by atoms with Gasteiger partial charge in [-0.05, 0) is 43.7 Å². The van der Waals surface area contributed by atoms with Gasteiger partial charge in [-0.25, -0.2) is 0 Å². The Morgan fingerprint density at radius 1 is 1.00 bits per heavy atom. The summed E-state index contributed by atoms with van der Waals surface area (Å²) in [5, 5.41) is 3.12. The zero-order valence-corrected chi connectivity index (χ0v) is 16.9. The van der Waals surface area contributed by atoms with E-state index in [2.05, 4.69) is 5.32 Å². The van der Waals surface area contributed by atoms with E-state index in [1.807, 2.05) is 35.2 Å². The Morgan fingerprint density at radius 2 is 1.71 bits per heavy atom. The fourth-order valence-corrected chi connectivity index (χ4v) is 4.37. The average Bonchev–Trinajstić information content (AvgIpc) is 2.76. The molecule has 2 amide bonds. The van der Waals surface area contributed by atoms with E-state index < -0.39 is 0 Å². The summed E-state index contributed by atoms with van der Waals surface area (Å²) >= 11 is 0. The predicted molar refractivity (Wildman–Crippen MR) is 110 cm³/mol. The van der Waals surface area contributed by atoms with E-state index in [-0.39, 0.29) is 24.3 Å². The molecule has 0 atom stereocenters. The summed E-state index contributed by atoms with van der Waals surface area (Å²) < 4.78 is 5.54. The second kappa shape index (κ2) is 11.1. The van der Waals surface area contributed by atoms with Crippen LogP contribution < -0.4 is 10.1 Å². The van der Waals surface area contributed by atoms with Crippen LogP contribution in [0.2, 0.25) is 0 Å². The Hall–Kier alpha value is -2.04. The van der Waals surface area contributed by atoms with Crippen molar-refractivity contribution in [2.24, 2.45) is 11.8 Å². The molecule has 1 aliphatic heterocycles. The Morgan fingerprint density at radius 3 is 2.43 bits per heavy atom. The van der Waals surface area contributed by atoms with E-state index in [0.717, 1.165) is 31.7 Å². The molecular formula is C23H34N2O3. The first-order chi connectivity index (χ1) is 13.7. The molecule has 5 nitrogen and oxygen atoms in total. The summed E-state index contributed by atoms with van der Waals surface area (Å²) in [5.74, 6) is 1.77. The molecule has 0 aromatic heterocycles. The summed E-state index contributed by atoms with van der Waals surface area (Å²) in [7, 11) is 0.